The second kappa shape index (κ2) is 6.20. The molecular weight excluding hydrogens is 261 g/mol. The van der Waals surface area contributed by atoms with Crippen LogP contribution in [0.2, 0.25) is 0 Å². The van der Waals surface area contributed by atoms with Gasteiger partial charge in [-0.1, -0.05) is 22.0 Å². The maximum Gasteiger partial charge on any atom is 0.128 e. The highest BCUT2D eigenvalue weighted by Crippen LogP contribution is 2.15. The van der Waals surface area contributed by atoms with Gasteiger partial charge in [-0.25, -0.2) is 4.39 Å². The first-order valence-electron chi connectivity index (χ1n) is 4.91. The highest BCUT2D eigenvalue weighted by Gasteiger charge is 2.04. The zero-order chi connectivity index (χ0) is 11.3. The maximum atomic E-state index is 13.4. The molecule has 0 aliphatic carbocycles. The molecule has 0 aromatic heterocycles. The normalized spacial score (nSPS) is 12.8. The van der Waals surface area contributed by atoms with Crippen LogP contribution in [-0.2, 0) is 6.54 Å². The van der Waals surface area contributed by atoms with Gasteiger partial charge in [0.05, 0.1) is 0 Å². The zero-order valence-electron chi connectivity index (χ0n) is 8.63. The Morgan fingerprint density at radius 2 is 2.27 bits per heavy atom. The summed E-state index contributed by atoms with van der Waals surface area (Å²) < 4.78 is 14.1. The SMILES string of the molecule is C[C@H](CCO)NCc1ccc(Br)cc1F. The molecule has 0 fully saturated rings. The molecular formula is C11H15BrFNO. The summed E-state index contributed by atoms with van der Waals surface area (Å²) in [5.41, 5.74) is 0.642. The molecule has 1 aromatic rings. The van der Waals surface area contributed by atoms with Gasteiger partial charge in [0.2, 0.25) is 0 Å². The number of aliphatic hydroxyl groups excluding tert-OH is 1. The number of hydrogen-bond donors (Lipinski definition) is 2. The second-order valence-corrected chi connectivity index (χ2v) is 4.45. The van der Waals surface area contributed by atoms with Crippen LogP contribution in [0.25, 0.3) is 0 Å². The van der Waals surface area contributed by atoms with Crippen LogP contribution in [0.3, 0.4) is 0 Å². The van der Waals surface area contributed by atoms with E-state index in [0.29, 0.717) is 18.5 Å². The number of halogens is 2. The van der Waals surface area contributed by atoms with Gasteiger partial charge in [-0.3, -0.25) is 0 Å². The minimum atomic E-state index is -0.215. The van der Waals surface area contributed by atoms with Crippen LogP contribution in [-0.4, -0.2) is 17.8 Å². The van der Waals surface area contributed by atoms with Gasteiger partial charge < -0.3 is 10.4 Å². The zero-order valence-corrected chi connectivity index (χ0v) is 10.2. The predicted octanol–water partition coefficient (Wildman–Crippen LogP) is 2.45. The van der Waals surface area contributed by atoms with E-state index in [2.05, 4.69) is 21.2 Å². The van der Waals surface area contributed by atoms with E-state index in [0.717, 1.165) is 4.47 Å². The van der Waals surface area contributed by atoms with Gasteiger partial charge in [0.25, 0.3) is 0 Å². The Morgan fingerprint density at radius 1 is 1.53 bits per heavy atom. The van der Waals surface area contributed by atoms with Gasteiger partial charge in [-0.05, 0) is 25.5 Å². The molecule has 0 aliphatic heterocycles. The Bertz CT molecular complexity index is 319. The van der Waals surface area contributed by atoms with Gasteiger partial charge in [-0.2, -0.15) is 0 Å². The Morgan fingerprint density at radius 3 is 2.87 bits per heavy atom. The van der Waals surface area contributed by atoms with E-state index >= 15 is 0 Å². The molecule has 1 atom stereocenters. The number of hydrogen-bond acceptors (Lipinski definition) is 2. The third-order valence-electron chi connectivity index (χ3n) is 2.22. The Hall–Kier alpha value is -0.450. The topological polar surface area (TPSA) is 32.3 Å². The average molecular weight is 276 g/mol. The molecule has 0 unspecified atom stereocenters. The molecule has 1 rings (SSSR count). The molecule has 0 radical (unpaired) electrons. The van der Waals surface area contributed by atoms with Crippen LogP contribution >= 0.6 is 15.9 Å². The maximum absolute atomic E-state index is 13.4. The lowest BCUT2D eigenvalue weighted by Crippen LogP contribution is -2.26. The highest BCUT2D eigenvalue weighted by atomic mass is 79.9. The van der Waals surface area contributed by atoms with Crippen molar-refractivity contribution in [3.05, 3.63) is 34.1 Å². The van der Waals surface area contributed by atoms with E-state index in [1.54, 1.807) is 6.07 Å². The van der Waals surface area contributed by atoms with E-state index in [1.807, 2.05) is 13.0 Å². The van der Waals surface area contributed by atoms with Gasteiger partial charge >= 0.3 is 0 Å². The van der Waals surface area contributed by atoms with Crippen LogP contribution in [0, 0.1) is 5.82 Å². The monoisotopic (exact) mass is 275 g/mol. The minimum absolute atomic E-state index is 0.150. The molecule has 0 spiro atoms. The van der Waals surface area contributed by atoms with E-state index < -0.39 is 0 Å². The summed E-state index contributed by atoms with van der Waals surface area (Å²) in [6, 6.07) is 5.21. The molecule has 2 N–H and O–H groups in total. The molecule has 0 saturated heterocycles. The van der Waals surface area contributed by atoms with Crippen LogP contribution in [0.5, 0.6) is 0 Å². The summed E-state index contributed by atoms with van der Waals surface area (Å²) in [4.78, 5) is 0. The van der Waals surface area contributed by atoms with Crippen molar-refractivity contribution in [3.8, 4) is 0 Å². The van der Waals surface area contributed by atoms with Crippen LogP contribution < -0.4 is 5.32 Å². The van der Waals surface area contributed by atoms with Crippen LogP contribution in [0.1, 0.15) is 18.9 Å². The molecule has 4 heteroatoms. The first-order chi connectivity index (χ1) is 7.13. The average Bonchev–Trinajstić information content (AvgIpc) is 2.17. The first-order valence-corrected chi connectivity index (χ1v) is 5.71. The van der Waals surface area contributed by atoms with Crippen molar-refractivity contribution in [1.82, 2.24) is 5.32 Å². The van der Waals surface area contributed by atoms with Gasteiger partial charge in [0, 0.05) is 29.2 Å². The van der Waals surface area contributed by atoms with Crippen molar-refractivity contribution in [1.29, 1.82) is 0 Å². The summed E-state index contributed by atoms with van der Waals surface area (Å²) in [7, 11) is 0. The molecule has 0 amide bonds. The predicted molar refractivity (Wildman–Crippen MR) is 62.1 cm³/mol. The summed E-state index contributed by atoms with van der Waals surface area (Å²) >= 11 is 3.21. The van der Waals surface area contributed by atoms with Crippen LogP contribution in [0.15, 0.2) is 22.7 Å². The van der Waals surface area contributed by atoms with E-state index in [9.17, 15) is 4.39 Å². The van der Waals surface area contributed by atoms with Crippen LogP contribution in [0.4, 0.5) is 4.39 Å². The fourth-order valence-electron chi connectivity index (χ4n) is 1.24. The molecule has 2 nitrogen and oxygen atoms in total. The highest BCUT2D eigenvalue weighted by molar-refractivity contribution is 9.10. The van der Waals surface area contributed by atoms with Crippen molar-refractivity contribution in [2.45, 2.75) is 25.9 Å². The van der Waals surface area contributed by atoms with E-state index in [-0.39, 0.29) is 18.5 Å². The second-order valence-electron chi connectivity index (χ2n) is 3.53. The molecule has 0 saturated carbocycles. The fourth-order valence-corrected chi connectivity index (χ4v) is 1.58. The Kier molecular flexibility index (Phi) is 5.22. The number of nitrogens with one attached hydrogen (secondary N) is 1. The van der Waals surface area contributed by atoms with Gasteiger partial charge in [-0.15, -0.1) is 0 Å². The molecule has 1 aromatic carbocycles. The minimum Gasteiger partial charge on any atom is -0.396 e. The molecule has 0 heterocycles. The quantitative estimate of drug-likeness (QED) is 0.865. The van der Waals surface area contributed by atoms with Crippen molar-refractivity contribution in [3.63, 3.8) is 0 Å². The molecule has 84 valence electrons. The molecule has 0 aliphatic rings. The first kappa shape index (κ1) is 12.6. The Balaban J connectivity index is 2.50. The standard InChI is InChI=1S/C11H15BrFNO/c1-8(4-5-15)14-7-9-2-3-10(12)6-11(9)13/h2-3,6,8,14-15H,4-5,7H2,1H3/t8-/m1/s1. The Labute approximate surface area is 97.6 Å². The number of rotatable bonds is 5. The summed E-state index contributed by atoms with van der Waals surface area (Å²) in [5.74, 6) is -0.215. The molecule has 15 heavy (non-hydrogen) atoms. The van der Waals surface area contributed by atoms with Crippen molar-refractivity contribution in [2.75, 3.05) is 6.61 Å². The third-order valence-corrected chi connectivity index (χ3v) is 2.71. The van der Waals surface area contributed by atoms with Gasteiger partial charge in [0.15, 0.2) is 0 Å². The largest absolute Gasteiger partial charge is 0.396 e. The van der Waals surface area contributed by atoms with E-state index in [4.69, 9.17) is 5.11 Å². The van der Waals surface area contributed by atoms with Crippen molar-refractivity contribution in [2.24, 2.45) is 0 Å². The lowest BCUT2D eigenvalue weighted by Gasteiger charge is -2.12. The fraction of sp³-hybridized carbons (Fsp3) is 0.455. The lowest BCUT2D eigenvalue weighted by molar-refractivity contribution is 0.268. The summed E-state index contributed by atoms with van der Waals surface area (Å²) in [6.07, 6.45) is 0.679. The third kappa shape index (κ3) is 4.28. The smallest absolute Gasteiger partial charge is 0.128 e. The van der Waals surface area contributed by atoms with Crippen molar-refractivity contribution < 1.29 is 9.50 Å². The number of aliphatic hydroxyl groups is 1. The summed E-state index contributed by atoms with van der Waals surface area (Å²) in [6.45, 7) is 2.60. The lowest BCUT2D eigenvalue weighted by atomic mass is 10.2. The molecule has 0 bridgehead atoms. The van der Waals surface area contributed by atoms with Gasteiger partial charge in [0.1, 0.15) is 5.82 Å². The number of benzene rings is 1. The van der Waals surface area contributed by atoms with Crippen molar-refractivity contribution >= 4 is 15.9 Å². The summed E-state index contributed by atoms with van der Waals surface area (Å²) in [5, 5.41) is 11.8. The van der Waals surface area contributed by atoms with E-state index in [1.165, 1.54) is 6.07 Å².